The first kappa shape index (κ1) is 36.8. The van der Waals surface area contributed by atoms with E-state index in [9.17, 15) is 4.79 Å². The summed E-state index contributed by atoms with van der Waals surface area (Å²) in [6, 6.07) is 14.3. The summed E-state index contributed by atoms with van der Waals surface area (Å²) in [5.41, 5.74) is 5.26. The number of aryl methyl sites for hydroxylation is 1. The van der Waals surface area contributed by atoms with Gasteiger partial charge in [-0.3, -0.25) is 4.79 Å². The molecule has 0 saturated heterocycles. The molecule has 0 aliphatic carbocycles. The standard InChI is InChI=1S/C36H53N2O3S.BrH/c1-5-7-8-9-10-11-12-13-14-15-16-17-24-41-34-23-20-32(25-35(34)40-4)28-38(36(39)6-2)33-21-18-31(19-22-33)27-37-26-30(3)42-29-37;/h18-23,25-26,29H,5-17,24,27-28H2,1-4H3;1H/q+1;/p-1. The Hall–Kier alpha value is -2.38. The fourth-order valence-electron chi connectivity index (χ4n) is 5.27. The molecule has 0 unspecified atom stereocenters. The summed E-state index contributed by atoms with van der Waals surface area (Å²) >= 11 is 1.75. The van der Waals surface area contributed by atoms with Crippen LogP contribution in [0.5, 0.6) is 11.5 Å². The van der Waals surface area contributed by atoms with Gasteiger partial charge in [-0.05, 0) is 43.2 Å². The van der Waals surface area contributed by atoms with E-state index in [4.69, 9.17) is 9.47 Å². The normalized spacial score (nSPS) is 10.8. The quantitative estimate of drug-likeness (QED) is 0.0968. The second-order valence-electron chi connectivity index (χ2n) is 11.4. The number of carbonyl (C=O) groups is 1. The van der Waals surface area contributed by atoms with E-state index in [1.54, 1.807) is 18.4 Å². The van der Waals surface area contributed by atoms with Crippen molar-refractivity contribution in [1.29, 1.82) is 0 Å². The number of ether oxygens (including phenoxy) is 2. The molecule has 1 aromatic heterocycles. The molecule has 0 saturated carbocycles. The van der Waals surface area contributed by atoms with E-state index in [0.29, 0.717) is 25.3 Å². The second-order valence-corrected chi connectivity index (χ2v) is 12.4. The lowest BCUT2D eigenvalue weighted by molar-refractivity contribution is -0.683. The lowest BCUT2D eigenvalue weighted by Gasteiger charge is -2.23. The topological polar surface area (TPSA) is 42.7 Å². The number of rotatable bonds is 21. The largest absolute Gasteiger partial charge is 1.00 e. The highest BCUT2D eigenvalue weighted by Crippen LogP contribution is 2.30. The van der Waals surface area contributed by atoms with Crippen LogP contribution in [-0.2, 0) is 17.9 Å². The molecular formula is C36H53BrN2O3S. The Kier molecular flexibility index (Phi) is 18.3. The number of unbranched alkanes of at least 4 members (excludes halogenated alkanes) is 11. The van der Waals surface area contributed by atoms with Crippen LogP contribution in [0.4, 0.5) is 5.69 Å². The summed E-state index contributed by atoms with van der Waals surface area (Å²) in [5.74, 6) is 1.58. The Morgan fingerprint density at radius 1 is 0.814 bits per heavy atom. The Bertz CT molecular complexity index is 1180. The van der Waals surface area contributed by atoms with Crippen LogP contribution in [0.1, 0.15) is 113 Å². The van der Waals surface area contributed by atoms with Crippen molar-refractivity contribution in [3.8, 4) is 11.5 Å². The number of nitrogens with zero attached hydrogens (tertiary/aromatic N) is 2. The van der Waals surface area contributed by atoms with Gasteiger partial charge in [0.1, 0.15) is 0 Å². The van der Waals surface area contributed by atoms with Gasteiger partial charge in [-0.1, -0.05) is 114 Å². The van der Waals surface area contributed by atoms with Crippen molar-refractivity contribution < 1.29 is 35.8 Å². The third-order valence-electron chi connectivity index (χ3n) is 7.76. The first-order chi connectivity index (χ1) is 20.5. The molecule has 0 bridgehead atoms. The zero-order chi connectivity index (χ0) is 30.0. The Labute approximate surface area is 275 Å². The molecule has 7 heteroatoms. The third kappa shape index (κ3) is 13.4. The van der Waals surface area contributed by atoms with Crippen LogP contribution in [0.15, 0.2) is 54.2 Å². The van der Waals surface area contributed by atoms with Crippen molar-refractivity contribution in [3.05, 3.63) is 70.2 Å². The molecule has 0 aliphatic heterocycles. The monoisotopic (exact) mass is 672 g/mol. The number of thiazole rings is 1. The molecule has 1 heterocycles. The molecule has 3 rings (SSSR count). The van der Waals surface area contributed by atoms with Gasteiger partial charge in [0.25, 0.3) is 0 Å². The molecule has 43 heavy (non-hydrogen) atoms. The number of halogens is 1. The minimum Gasteiger partial charge on any atom is -1.00 e. The van der Waals surface area contributed by atoms with Crippen LogP contribution < -0.4 is 35.9 Å². The highest BCUT2D eigenvalue weighted by molar-refractivity contribution is 7.09. The molecule has 0 fully saturated rings. The molecular weight excluding hydrogens is 620 g/mol. The van der Waals surface area contributed by atoms with Crippen molar-refractivity contribution in [1.82, 2.24) is 0 Å². The van der Waals surface area contributed by atoms with Crippen LogP contribution in [-0.4, -0.2) is 19.6 Å². The maximum absolute atomic E-state index is 12.9. The number of anilines is 1. The number of hydrogen-bond donors (Lipinski definition) is 0. The molecule has 238 valence electrons. The van der Waals surface area contributed by atoms with E-state index in [2.05, 4.69) is 42.3 Å². The van der Waals surface area contributed by atoms with Gasteiger partial charge < -0.3 is 31.4 Å². The van der Waals surface area contributed by atoms with E-state index < -0.39 is 0 Å². The number of benzene rings is 2. The minimum absolute atomic E-state index is 0. The average molecular weight is 674 g/mol. The summed E-state index contributed by atoms with van der Waals surface area (Å²) in [6.45, 7) is 8.31. The highest BCUT2D eigenvalue weighted by Gasteiger charge is 2.17. The smallest absolute Gasteiger partial charge is 0.227 e. The molecule has 0 radical (unpaired) electrons. The molecule has 0 N–H and O–H groups in total. The molecule has 2 aromatic carbocycles. The first-order valence-electron chi connectivity index (χ1n) is 16.2. The van der Waals surface area contributed by atoms with Crippen LogP contribution in [0.3, 0.4) is 0 Å². The molecule has 3 aromatic rings. The van der Waals surface area contributed by atoms with Gasteiger partial charge in [-0.25, -0.2) is 0 Å². The number of amides is 1. The number of methoxy groups -OCH3 is 1. The zero-order valence-corrected chi connectivity index (χ0v) is 29.3. The summed E-state index contributed by atoms with van der Waals surface area (Å²) in [6.07, 6.45) is 18.6. The summed E-state index contributed by atoms with van der Waals surface area (Å²) in [4.78, 5) is 16.1. The second kappa shape index (κ2) is 21.3. The zero-order valence-electron chi connectivity index (χ0n) is 26.9. The predicted molar refractivity (Wildman–Crippen MR) is 176 cm³/mol. The minimum atomic E-state index is 0. The molecule has 0 spiro atoms. The van der Waals surface area contributed by atoms with Gasteiger partial charge in [0.15, 0.2) is 24.2 Å². The maximum Gasteiger partial charge on any atom is 0.227 e. The number of aromatic nitrogens is 1. The van der Waals surface area contributed by atoms with Gasteiger partial charge in [0, 0.05) is 17.7 Å². The van der Waals surface area contributed by atoms with Crippen LogP contribution in [0.2, 0.25) is 0 Å². The Morgan fingerprint density at radius 2 is 1.42 bits per heavy atom. The van der Waals surface area contributed by atoms with Crippen molar-refractivity contribution in [2.24, 2.45) is 0 Å². The van der Waals surface area contributed by atoms with Gasteiger partial charge in [-0.2, -0.15) is 4.57 Å². The lowest BCUT2D eigenvalue weighted by Crippen LogP contribution is -3.00. The first-order valence-corrected chi connectivity index (χ1v) is 17.0. The summed E-state index contributed by atoms with van der Waals surface area (Å²) in [5, 5.41) is 0. The van der Waals surface area contributed by atoms with E-state index in [-0.39, 0.29) is 22.9 Å². The Morgan fingerprint density at radius 3 is 1.98 bits per heavy atom. The predicted octanol–water partition coefficient (Wildman–Crippen LogP) is 6.43. The van der Waals surface area contributed by atoms with Gasteiger partial charge in [0.2, 0.25) is 11.4 Å². The van der Waals surface area contributed by atoms with E-state index >= 15 is 0 Å². The van der Waals surface area contributed by atoms with Crippen molar-refractivity contribution in [2.45, 2.75) is 117 Å². The fourth-order valence-corrected chi connectivity index (χ4v) is 5.91. The van der Waals surface area contributed by atoms with Crippen LogP contribution in [0, 0.1) is 6.92 Å². The molecule has 5 nitrogen and oxygen atoms in total. The molecule has 1 amide bonds. The average Bonchev–Trinajstić information content (AvgIpc) is 3.42. The van der Waals surface area contributed by atoms with Crippen LogP contribution in [0.25, 0.3) is 0 Å². The van der Waals surface area contributed by atoms with Crippen molar-refractivity contribution in [3.63, 3.8) is 0 Å². The van der Waals surface area contributed by atoms with E-state index in [1.165, 1.54) is 81.1 Å². The Balaban J connectivity index is 0.00000645. The van der Waals surface area contributed by atoms with Gasteiger partial charge >= 0.3 is 0 Å². The summed E-state index contributed by atoms with van der Waals surface area (Å²) in [7, 11) is 1.68. The highest BCUT2D eigenvalue weighted by atomic mass is 79.9. The molecule has 0 atom stereocenters. The molecule has 0 aliphatic rings. The van der Waals surface area contributed by atoms with E-state index in [0.717, 1.165) is 30.0 Å². The SMILES string of the molecule is CCCCCCCCCCCCCCOc1ccc(CN(C(=O)CC)c2ccc(C[n+]3csc(C)c3)cc2)cc1OC.[Br-]. The van der Waals surface area contributed by atoms with Gasteiger partial charge in [0.05, 0.1) is 25.1 Å². The van der Waals surface area contributed by atoms with Gasteiger partial charge in [-0.15, -0.1) is 0 Å². The van der Waals surface area contributed by atoms with Crippen LogP contribution >= 0.6 is 11.3 Å². The third-order valence-corrected chi connectivity index (χ3v) is 8.62. The maximum atomic E-state index is 12.9. The lowest BCUT2D eigenvalue weighted by atomic mass is 10.1. The van der Waals surface area contributed by atoms with Crippen molar-refractivity contribution >= 4 is 22.9 Å². The summed E-state index contributed by atoms with van der Waals surface area (Å²) < 4.78 is 14.0. The number of hydrogen-bond acceptors (Lipinski definition) is 4. The number of carbonyl (C=O) groups excluding carboxylic acids is 1. The van der Waals surface area contributed by atoms with E-state index in [1.807, 2.05) is 42.2 Å². The fraction of sp³-hybridized carbons (Fsp3) is 0.556. The van der Waals surface area contributed by atoms with Crippen molar-refractivity contribution in [2.75, 3.05) is 18.6 Å².